The Kier molecular flexibility index (Phi) is 7.38. The molecule has 2 fully saturated rings. The van der Waals surface area contributed by atoms with Crippen molar-refractivity contribution in [3.05, 3.63) is 39.8 Å². The number of nitrogens with one attached hydrogen (secondary N) is 1. The number of aromatic nitrogens is 3. The van der Waals surface area contributed by atoms with Gasteiger partial charge in [0, 0.05) is 63.5 Å². The van der Waals surface area contributed by atoms with E-state index in [1.54, 1.807) is 6.20 Å². The summed E-state index contributed by atoms with van der Waals surface area (Å²) in [6.07, 6.45) is 4.35. The molecule has 2 saturated heterocycles. The van der Waals surface area contributed by atoms with Crippen LogP contribution in [0.15, 0.2) is 23.1 Å². The summed E-state index contributed by atoms with van der Waals surface area (Å²) in [7, 11) is 0. The number of fused-ring (bicyclic) bond motifs is 3. The summed E-state index contributed by atoms with van der Waals surface area (Å²) in [4.78, 5) is 33.8. The minimum absolute atomic E-state index is 0.0478. The minimum Gasteiger partial charge on any atom is -0.381 e. The zero-order valence-corrected chi connectivity index (χ0v) is 22.5. The number of hydrogen-bond acceptors (Lipinski definition) is 6. The lowest BCUT2D eigenvalue weighted by Crippen LogP contribution is -2.49. The lowest BCUT2D eigenvalue weighted by molar-refractivity contribution is -0.00827. The van der Waals surface area contributed by atoms with Gasteiger partial charge in [0.1, 0.15) is 0 Å². The first kappa shape index (κ1) is 25.9. The average Bonchev–Trinajstić information content (AvgIpc) is 3.33. The molecule has 0 radical (unpaired) electrons. The molecule has 2 aliphatic rings. The molecule has 0 saturated carbocycles. The smallest absolute Gasteiger partial charge is 0.259 e. The molecule has 0 atom stereocenters. The van der Waals surface area contributed by atoms with Crippen molar-refractivity contribution in [1.82, 2.24) is 24.6 Å². The van der Waals surface area contributed by atoms with Crippen molar-refractivity contribution in [2.24, 2.45) is 0 Å². The number of rotatable bonds is 6. The van der Waals surface area contributed by atoms with E-state index >= 15 is 0 Å². The summed E-state index contributed by atoms with van der Waals surface area (Å²) in [5.41, 5.74) is 2.84. The monoisotopic (exact) mass is 509 g/mol. The van der Waals surface area contributed by atoms with Crippen LogP contribution in [0.1, 0.15) is 62.0 Å². The number of benzene rings is 1. The molecule has 37 heavy (non-hydrogen) atoms. The van der Waals surface area contributed by atoms with Gasteiger partial charge in [-0.25, -0.2) is 0 Å². The average molecular weight is 510 g/mol. The summed E-state index contributed by atoms with van der Waals surface area (Å²) in [6.45, 7) is 14.4. The zero-order valence-electron chi connectivity index (χ0n) is 22.5. The van der Waals surface area contributed by atoms with Gasteiger partial charge in [0.05, 0.1) is 34.3 Å². The van der Waals surface area contributed by atoms with Crippen LogP contribution in [0, 0.1) is 6.92 Å². The number of amides is 1. The first-order chi connectivity index (χ1) is 17.7. The van der Waals surface area contributed by atoms with Crippen molar-refractivity contribution >= 4 is 27.7 Å². The molecule has 2 aromatic heterocycles. The number of carbonyl (C=O) groups is 1. The molecule has 0 spiro atoms. The highest BCUT2D eigenvalue weighted by Gasteiger charge is 2.26. The van der Waals surface area contributed by atoms with Gasteiger partial charge in [0.2, 0.25) is 0 Å². The van der Waals surface area contributed by atoms with Crippen LogP contribution in [0.2, 0.25) is 0 Å². The molecule has 5 rings (SSSR count). The van der Waals surface area contributed by atoms with Crippen LogP contribution >= 0.6 is 0 Å². The maximum Gasteiger partial charge on any atom is 0.259 e. The van der Waals surface area contributed by atoms with Crippen LogP contribution in [-0.2, 0) is 9.47 Å². The molecule has 0 unspecified atom stereocenters. The summed E-state index contributed by atoms with van der Waals surface area (Å²) >= 11 is 0. The Hall–Kier alpha value is -2.75. The Balaban J connectivity index is 1.35. The Labute approximate surface area is 217 Å². The number of hydrogen-bond donors (Lipinski definition) is 1. The van der Waals surface area contributed by atoms with E-state index < -0.39 is 0 Å². The van der Waals surface area contributed by atoms with Gasteiger partial charge < -0.3 is 19.4 Å². The highest BCUT2D eigenvalue weighted by molar-refractivity contribution is 6.07. The van der Waals surface area contributed by atoms with Gasteiger partial charge in [-0.3, -0.25) is 19.2 Å². The molecule has 3 aromatic rings. The molecule has 9 heteroatoms. The molecule has 1 amide bonds. The number of aryl methyl sites for hydroxylation is 1. The predicted molar refractivity (Wildman–Crippen MR) is 144 cm³/mol. The number of piperazine rings is 1. The molecule has 2 aliphatic heterocycles. The molecular weight excluding hydrogens is 470 g/mol. The standard InChI is InChI=1S/C28H39N5O4/c1-19-16-24-22(25-23(26(34)30-24)18-29-33(25)20-6-14-36-15-7-20)17-21(19)27(35)32-11-9-31(10-12-32)8-5-13-37-28(2,3)4/h16-18,20H,5-15H2,1-4H3,(H,30,34). The van der Waals surface area contributed by atoms with Crippen molar-refractivity contribution in [3.8, 4) is 0 Å². The second-order valence-corrected chi connectivity index (χ2v) is 11.3. The fraction of sp³-hybridized carbons (Fsp3) is 0.607. The van der Waals surface area contributed by atoms with Crippen LogP contribution in [0.3, 0.4) is 0 Å². The Morgan fingerprint density at radius 3 is 2.57 bits per heavy atom. The van der Waals surface area contributed by atoms with Crippen LogP contribution in [0.4, 0.5) is 0 Å². The van der Waals surface area contributed by atoms with E-state index in [2.05, 4.69) is 35.8 Å². The van der Waals surface area contributed by atoms with Crippen molar-refractivity contribution < 1.29 is 14.3 Å². The van der Waals surface area contributed by atoms with Crippen molar-refractivity contribution in [2.75, 3.05) is 52.5 Å². The van der Waals surface area contributed by atoms with Crippen LogP contribution in [-0.4, -0.2) is 88.6 Å². The van der Waals surface area contributed by atoms with E-state index in [0.29, 0.717) is 37.3 Å². The van der Waals surface area contributed by atoms with Gasteiger partial charge in [-0.05, 0) is 64.7 Å². The molecule has 0 aliphatic carbocycles. The third-order valence-corrected chi connectivity index (χ3v) is 7.49. The van der Waals surface area contributed by atoms with Crippen LogP contribution in [0.25, 0.3) is 21.8 Å². The molecular formula is C28H39N5O4. The molecule has 0 bridgehead atoms. The maximum atomic E-state index is 13.6. The third-order valence-electron chi connectivity index (χ3n) is 7.49. The Morgan fingerprint density at radius 1 is 1.14 bits per heavy atom. The topological polar surface area (TPSA) is 92.7 Å². The lowest BCUT2D eigenvalue weighted by Gasteiger charge is -2.35. The lowest BCUT2D eigenvalue weighted by atomic mass is 10.0. The largest absolute Gasteiger partial charge is 0.381 e. The number of H-pyrrole nitrogens is 1. The SMILES string of the molecule is Cc1cc2[nH]c(=O)c3cnn(C4CCOCC4)c3c2cc1C(=O)N1CCN(CCCOC(C)(C)C)CC1. The molecule has 1 aromatic carbocycles. The quantitative estimate of drug-likeness (QED) is 0.512. The second kappa shape index (κ2) is 10.6. The van der Waals surface area contributed by atoms with Gasteiger partial charge in [-0.1, -0.05) is 0 Å². The predicted octanol–water partition coefficient (Wildman–Crippen LogP) is 3.50. The van der Waals surface area contributed by atoms with E-state index in [0.717, 1.165) is 67.5 Å². The first-order valence-electron chi connectivity index (χ1n) is 13.5. The number of nitrogens with zero attached hydrogens (tertiary/aromatic N) is 4. The normalized spacial score (nSPS) is 18.2. The molecule has 200 valence electrons. The second-order valence-electron chi connectivity index (χ2n) is 11.3. The van der Waals surface area contributed by atoms with E-state index in [1.165, 1.54) is 0 Å². The van der Waals surface area contributed by atoms with Crippen molar-refractivity contribution in [1.29, 1.82) is 0 Å². The number of ether oxygens (including phenoxy) is 2. The summed E-state index contributed by atoms with van der Waals surface area (Å²) < 4.78 is 13.3. The van der Waals surface area contributed by atoms with Gasteiger partial charge in [-0.15, -0.1) is 0 Å². The first-order valence-corrected chi connectivity index (χ1v) is 13.5. The van der Waals surface area contributed by atoms with Crippen molar-refractivity contribution in [3.63, 3.8) is 0 Å². The maximum absolute atomic E-state index is 13.6. The Morgan fingerprint density at radius 2 is 1.86 bits per heavy atom. The summed E-state index contributed by atoms with van der Waals surface area (Å²) in [5.74, 6) is 0.0478. The highest BCUT2D eigenvalue weighted by atomic mass is 16.5. The number of aromatic amines is 1. The van der Waals surface area contributed by atoms with E-state index in [1.807, 2.05) is 28.6 Å². The highest BCUT2D eigenvalue weighted by Crippen LogP contribution is 2.30. The van der Waals surface area contributed by atoms with Gasteiger partial charge in [0.15, 0.2) is 0 Å². The fourth-order valence-corrected chi connectivity index (χ4v) is 5.44. The Bertz CT molecular complexity index is 1320. The summed E-state index contributed by atoms with van der Waals surface area (Å²) in [6, 6.07) is 4.06. The van der Waals surface area contributed by atoms with Gasteiger partial charge in [0.25, 0.3) is 11.5 Å². The van der Waals surface area contributed by atoms with E-state index in [9.17, 15) is 9.59 Å². The number of pyridine rings is 1. The summed E-state index contributed by atoms with van der Waals surface area (Å²) in [5, 5.41) is 6.03. The van der Waals surface area contributed by atoms with Gasteiger partial charge in [-0.2, -0.15) is 5.10 Å². The van der Waals surface area contributed by atoms with E-state index in [-0.39, 0.29) is 23.1 Å². The minimum atomic E-state index is -0.150. The zero-order chi connectivity index (χ0) is 26.2. The van der Waals surface area contributed by atoms with E-state index in [4.69, 9.17) is 9.47 Å². The third kappa shape index (κ3) is 5.58. The van der Waals surface area contributed by atoms with Crippen LogP contribution in [0.5, 0.6) is 0 Å². The fourth-order valence-electron chi connectivity index (χ4n) is 5.44. The molecule has 4 heterocycles. The molecule has 9 nitrogen and oxygen atoms in total. The van der Waals surface area contributed by atoms with Crippen molar-refractivity contribution in [2.45, 2.75) is 58.6 Å². The number of carbonyl (C=O) groups excluding carboxylic acids is 1. The van der Waals surface area contributed by atoms with Gasteiger partial charge >= 0.3 is 0 Å². The van der Waals surface area contributed by atoms with Crippen LogP contribution < -0.4 is 5.56 Å². The molecule has 1 N–H and O–H groups in total.